The highest BCUT2D eigenvalue weighted by Gasteiger charge is 2.21. The summed E-state index contributed by atoms with van der Waals surface area (Å²) in [6, 6.07) is 15.7. The molecule has 3 aromatic heterocycles. The van der Waals surface area contributed by atoms with Crippen molar-refractivity contribution in [3.63, 3.8) is 0 Å². The van der Waals surface area contributed by atoms with Crippen LogP contribution in [0, 0.1) is 6.92 Å². The Labute approximate surface area is 195 Å². The molecule has 0 bridgehead atoms. The molecule has 1 aliphatic rings. The fourth-order valence-electron chi connectivity index (χ4n) is 3.80. The Bertz CT molecular complexity index is 1230. The zero-order valence-corrected chi connectivity index (χ0v) is 19.1. The van der Waals surface area contributed by atoms with Crippen LogP contribution in [-0.4, -0.2) is 56.9 Å². The number of hydrogen-bond acceptors (Lipinski definition) is 7. The number of aromatic nitrogens is 4. The third-order valence-electron chi connectivity index (χ3n) is 5.56. The minimum absolute atomic E-state index is 0.235. The van der Waals surface area contributed by atoms with Crippen LogP contribution in [0.15, 0.2) is 60.9 Å². The number of nitrogens with zero attached hydrogens (tertiary/aromatic N) is 5. The lowest BCUT2D eigenvalue weighted by Crippen LogP contribution is -2.35. The zero-order chi connectivity index (χ0) is 22.6. The first-order valence-electron chi connectivity index (χ1n) is 10.8. The molecular weight excluding hydrogens is 436 g/mol. The Hall–Kier alpha value is -3.40. The molecule has 5 rings (SSSR count). The largest absolute Gasteiger partial charge is 0.379 e. The number of rotatable bonds is 6. The number of carbonyl (C=O) groups excluding carboxylic acids is 1. The van der Waals surface area contributed by atoms with Crippen molar-refractivity contribution in [2.45, 2.75) is 13.5 Å². The highest BCUT2D eigenvalue weighted by atomic mass is 32.1. The van der Waals surface area contributed by atoms with E-state index in [1.165, 1.54) is 11.3 Å². The first-order chi connectivity index (χ1) is 16.2. The monoisotopic (exact) mass is 460 g/mol. The topological polar surface area (TPSA) is 85.2 Å². The molecule has 168 valence electrons. The van der Waals surface area contributed by atoms with Gasteiger partial charge < -0.3 is 4.74 Å². The molecule has 9 heteroatoms. The molecule has 8 nitrogen and oxygen atoms in total. The molecule has 4 aromatic rings. The van der Waals surface area contributed by atoms with E-state index >= 15 is 0 Å². The molecule has 4 heterocycles. The van der Waals surface area contributed by atoms with Gasteiger partial charge in [0.15, 0.2) is 10.9 Å². The second-order valence-electron chi connectivity index (χ2n) is 7.74. The van der Waals surface area contributed by atoms with Crippen LogP contribution in [0.1, 0.15) is 20.9 Å². The molecule has 1 fully saturated rings. The second-order valence-corrected chi connectivity index (χ2v) is 8.83. The van der Waals surface area contributed by atoms with Gasteiger partial charge in [-0.1, -0.05) is 47.7 Å². The van der Waals surface area contributed by atoms with Gasteiger partial charge in [0.2, 0.25) is 0 Å². The summed E-state index contributed by atoms with van der Waals surface area (Å²) in [7, 11) is 0. The van der Waals surface area contributed by atoms with Gasteiger partial charge in [0.05, 0.1) is 36.4 Å². The zero-order valence-electron chi connectivity index (χ0n) is 18.3. The molecule has 1 amide bonds. The lowest BCUT2D eigenvalue weighted by molar-refractivity contribution is 0.0347. The number of anilines is 1. The molecule has 0 spiro atoms. The molecule has 0 aliphatic carbocycles. The Morgan fingerprint density at radius 3 is 2.67 bits per heavy atom. The van der Waals surface area contributed by atoms with Crippen LogP contribution in [0.4, 0.5) is 5.13 Å². The van der Waals surface area contributed by atoms with Crippen molar-refractivity contribution < 1.29 is 9.53 Å². The van der Waals surface area contributed by atoms with Crippen LogP contribution >= 0.6 is 11.3 Å². The van der Waals surface area contributed by atoms with E-state index in [1.54, 1.807) is 17.1 Å². The van der Waals surface area contributed by atoms with Crippen molar-refractivity contribution in [2.75, 3.05) is 31.6 Å². The molecule has 33 heavy (non-hydrogen) atoms. The summed E-state index contributed by atoms with van der Waals surface area (Å²) in [5.41, 5.74) is 3.16. The molecule has 1 aliphatic heterocycles. The number of thiazole rings is 1. The average Bonchev–Trinajstić information content (AvgIpc) is 3.44. The maximum Gasteiger partial charge on any atom is 0.260 e. The molecule has 0 atom stereocenters. The van der Waals surface area contributed by atoms with Crippen molar-refractivity contribution in [1.82, 2.24) is 24.6 Å². The predicted molar refractivity (Wildman–Crippen MR) is 128 cm³/mol. The van der Waals surface area contributed by atoms with Crippen LogP contribution in [0.25, 0.3) is 17.1 Å². The van der Waals surface area contributed by atoms with Crippen LogP contribution < -0.4 is 5.32 Å². The minimum atomic E-state index is -0.235. The molecule has 1 aromatic carbocycles. The van der Waals surface area contributed by atoms with Gasteiger partial charge in [-0.05, 0) is 19.1 Å². The lowest BCUT2D eigenvalue weighted by Gasteiger charge is -2.26. The van der Waals surface area contributed by atoms with E-state index in [2.05, 4.69) is 20.3 Å². The Kier molecular flexibility index (Phi) is 6.25. The van der Waals surface area contributed by atoms with Crippen LogP contribution in [0.2, 0.25) is 0 Å². The average molecular weight is 461 g/mol. The summed E-state index contributed by atoms with van der Waals surface area (Å²) in [5.74, 6) is 0.434. The summed E-state index contributed by atoms with van der Waals surface area (Å²) in [6.45, 7) is 5.89. The molecule has 1 N–H and O–H groups in total. The number of carbonyl (C=O) groups is 1. The third-order valence-corrected chi connectivity index (χ3v) is 6.51. The van der Waals surface area contributed by atoms with E-state index in [0.29, 0.717) is 16.5 Å². The van der Waals surface area contributed by atoms with E-state index in [9.17, 15) is 4.79 Å². The standard InChI is InChI=1S/C24H24N6O2S/c1-17-19(15-26-30(17)21-9-5-6-10-25-21)23(31)28-24-27-22(18-7-3-2-4-8-18)20(33-24)16-29-11-13-32-14-12-29/h2-10,15H,11-14,16H2,1H3,(H,27,28,31). The SMILES string of the molecule is Cc1c(C(=O)Nc2nc(-c3ccccc3)c(CN3CCOCC3)s2)cnn1-c1ccccn1. The number of ether oxygens (including phenoxy) is 1. The number of pyridine rings is 1. The maximum absolute atomic E-state index is 13.1. The van der Waals surface area contributed by atoms with E-state index in [-0.39, 0.29) is 5.91 Å². The van der Waals surface area contributed by atoms with Crippen molar-refractivity contribution in [2.24, 2.45) is 0 Å². The van der Waals surface area contributed by atoms with Crippen molar-refractivity contribution in [3.8, 4) is 17.1 Å². The van der Waals surface area contributed by atoms with E-state index in [4.69, 9.17) is 9.72 Å². The van der Waals surface area contributed by atoms with Crippen molar-refractivity contribution in [3.05, 3.63) is 77.1 Å². The number of benzene rings is 1. The summed E-state index contributed by atoms with van der Waals surface area (Å²) in [4.78, 5) is 25.7. The van der Waals surface area contributed by atoms with E-state index in [1.807, 2.05) is 55.5 Å². The normalized spacial score (nSPS) is 14.3. The first-order valence-corrected chi connectivity index (χ1v) is 11.6. The Balaban J connectivity index is 1.40. The van der Waals surface area contributed by atoms with E-state index in [0.717, 1.165) is 54.7 Å². The van der Waals surface area contributed by atoms with Gasteiger partial charge in [0.25, 0.3) is 5.91 Å². The van der Waals surface area contributed by atoms with Crippen molar-refractivity contribution in [1.29, 1.82) is 0 Å². The molecule has 0 saturated carbocycles. The lowest BCUT2D eigenvalue weighted by atomic mass is 10.1. The van der Waals surface area contributed by atoms with Crippen LogP contribution in [-0.2, 0) is 11.3 Å². The molecule has 0 unspecified atom stereocenters. The highest BCUT2D eigenvalue weighted by Crippen LogP contribution is 2.32. The maximum atomic E-state index is 13.1. The molecule has 1 saturated heterocycles. The van der Waals surface area contributed by atoms with Gasteiger partial charge in [0, 0.05) is 36.3 Å². The van der Waals surface area contributed by atoms with Gasteiger partial charge in [-0.3, -0.25) is 15.0 Å². The highest BCUT2D eigenvalue weighted by molar-refractivity contribution is 7.16. The van der Waals surface area contributed by atoms with Gasteiger partial charge in [0.1, 0.15) is 0 Å². The van der Waals surface area contributed by atoms with Gasteiger partial charge in [-0.15, -0.1) is 0 Å². The number of morpholine rings is 1. The predicted octanol–water partition coefficient (Wildman–Crippen LogP) is 3.78. The van der Waals surface area contributed by atoms with E-state index < -0.39 is 0 Å². The smallest absolute Gasteiger partial charge is 0.260 e. The van der Waals surface area contributed by atoms with Gasteiger partial charge in [-0.2, -0.15) is 5.10 Å². The molecular formula is C24H24N6O2S. The number of hydrogen-bond donors (Lipinski definition) is 1. The molecule has 0 radical (unpaired) electrons. The third kappa shape index (κ3) is 4.70. The first kappa shape index (κ1) is 21.4. The summed E-state index contributed by atoms with van der Waals surface area (Å²) in [5, 5.41) is 7.91. The van der Waals surface area contributed by atoms with Gasteiger partial charge >= 0.3 is 0 Å². The fraction of sp³-hybridized carbons (Fsp3) is 0.250. The van der Waals surface area contributed by atoms with Crippen LogP contribution in [0.5, 0.6) is 0 Å². The minimum Gasteiger partial charge on any atom is -0.379 e. The quantitative estimate of drug-likeness (QED) is 0.471. The second kappa shape index (κ2) is 9.62. The summed E-state index contributed by atoms with van der Waals surface area (Å²) >= 11 is 1.51. The summed E-state index contributed by atoms with van der Waals surface area (Å²) < 4.78 is 7.14. The Morgan fingerprint density at radius 2 is 1.91 bits per heavy atom. The number of amides is 1. The fourth-order valence-corrected chi connectivity index (χ4v) is 4.82. The summed E-state index contributed by atoms with van der Waals surface area (Å²) in [6.07, 6.45) is 3.27. The van der Waals surface area contributed by atoms with Crippen LogP contribution in [0.3, 0.4) is 0 Å². The van der Waals surface area contributed by atoms with Gasteiger partial charge in [-0.25, -0.2) is 14.6 Å². The number of nitrogens with one attached hydrogen (secondary N) is 1. The van der Waals surface area contributed by atoms with Crippen molar-refractivity contribution >= 4 is 22.4 Å². The Morgan fingerprint density at radius 1 is 1.12 bits per heavy atom.